The summed E-state index contributed by atoms with van der Waals surface area (Å²) in [5.41, 5.74) is 7.68. The lowest BCUT2D eigenvalue weighted by molar-refractivity contribution is 0.669. The van der Waals surface area contributed by atoms with Gasteiger partial charge in [-0.15, -0.1) is 11.3 Å². The highest BCUT2D eigenvalue weighted by Crippen LogP contribution is 2.45. The number of fused-ring (bicyclic) bond motifs is 7. The molecular weight excluding hydrogens is 543 g/mol. The molecule has 0 saturated heterocycles. The monoisotopic (exact) mass is 567 g/mol. The van der Waals surface area contributed by atoms with Crippen LogP contribution in [0.15, 0.2) is 156 Å². The fraction of sp³-hybridized carbons (Fsp3) is 0. The molecule has 2 aromatic heterocycles. The molecular formula is C40H25NOS. The van der Waals surface area contributed by atoms with E-state index in [1.165, 1.54) is 47.8 Å². The van der Waals surface area contributed by atoms with Crippen LogP contribution in [0.2, 0.25) is 0 Å². The van der Waals surface area contributed by atoms with Crippen molar-refractivity contribution in [2.45, 2.75) is 0 Å². The summed E-state index contributed by atoms with van der Waals surface area (Å²) in [6.07, 6.45) is 0. The first kappa shape index (κ1) is 24.2. The summed E-state index contributed by atoms with van der Waals surface area (Å²) in [6, 6.07) is 54.3. The number of benzene rings is 7. The summed E-state index contributed by atoms with van der Waals surface area (Å²) in [5, 5.41) is 7.30. The molecule has 0 unspecified atom stereocenters. The van der Waals surface area contributed by atoms with Gasteiger partial charge in [-0.05, 0) is 88.6 Å². The fourth-order valence-corrected chi connectivity index (χ4v) is 7.52. The molecule has 43 heavy (non-hydrogen) atoms. The van der Waals surface area contributed by atoms with Gasteiger partial charge in [0.1, 0.15) is 11.2 Å². The first-order valence-electron chi connectivity index (χ1n) is 14.5. The van der Waals surface area contributed by atoms with Gasteiger partial charge in [-0.2, -0.15) is 0 Å². The van der Waals surface area contributed by atoms with Crippen LogP contribution in [0, 0.1) is 0 Å². The van der Waals surface area contributed by atoms with Crippen LogP contribution in [0.25, 0.3) is 64.0 Å². The molecule has 0 atom stereocenters. The van der Waals surface area contributed by atoms with Gasteiger partial charge >= 0.3 is 0 Å². The second-order valence-electron chi connectivity index (χ2n) is 11.0. The van der Waals surface area contributed by atoms with Crippen LogP contribution in [-0.2, 0) is 0 Å². The van der Waals surface area contributed by atoms with Crippen molar-refractivity contribution >= 4 is 81.3 Å². The predicted octanol–water partition coefficient (Wildman–Crippen LogP) is 12.2. The summed E-state index contributed by atoms with van der Waals surface area (Å²) in [4.78, 5) is 2.38. The number of furan rings is 1. The summed E-state index contributed by atoms with van der Waals surface area (Å²) >= 11 is 1.85. The maximum atomic E-state index is 6.18. The summed E-state index contributed by atoms with van der Waals surface area (Å²) in [7, 11) is 0. The van der Waals surface area contributed by atoms with E-state index in [4.69, 9.17) is 4.42 Å². The lowest BCUT2D eigenvalue weighted by Gasteiger charge is -2.26. The van der Waals surface area contributed by atoms with Crippen molar-refractivity contribution in [2.24, 2.45) is 0 Å². The molecule has 0 aliphatic heterocycles. The molecule has 0 fully saturated rings. The third-order valence-electron chi connectivity index (χ3n) is 8.43. The standard InChI is InChI=1S/C40H25NOS/c1-2-9-30(10-3-1)41(35-13-8-16-39-40(35)33-12-5-7-15-38(33)43-39)31-21-19-26(20-22-31)27-17-18-28-24-34-32-11-4-6-14-36(32)42-37(34)25-29(28)23-27/h1-25H. The van der Waals surface area contributed by atoms with Crippen molar-refractivity contribution in [1.82, 2.24) is 0 Å². The predicted molar refractivity (Wildman–Crippen MR) is 184 cm³/mol. The third-order valence-corrected chi connectivity index (χ3v) is 9.57. The molecule has 2 heterocycles. The first-order chi connectivity index (χ1) is 21.3. The molecule has 2 nitrogen and oxygen atoms in total. The van der Waals surface area contributed by atoms with Crippen molar-refractivity contribution < 1.29 is 4.42 Å². The molecule has 0 spiro atoms. The van der Waals surface area contributed by atoms with Gasteiger partial charge in [-0.25, -0.2) is 0 Å². The van der Waals surface area contributed by atoms with Crippen LogP contribution in [0.5, 0.6) is 0 Å². The van der Waals surface area contributed by atoms with Crippen molar-refractivity contribution in [1.29, 1.82) is 0 Å². The lowest BCUT2D eigenvalue weighted by atomic mass is 9.99. The smallest absolute Gasteiger partial charge is 0.136 e. The zero-order chi connectivity index (χ0) is 28.3. The van der Waals surface area contributed by atoms with Gasteiger partial charge in [0.15, 0.2) is 0 Å². The quantitative estimate of drug-likeness (QED) is 0.210. The van der Waals surface area contributed by atoms with Crippen molar-refractivity contribution in [3.63, 3.8) is 0 Å². The Bertz CT molecular complexity index is 2450. The fourth-order valence-electron chi connectivity index (χ4n) is 6.40. The largest absolute Gasteiger partial charge is 0.456 e. The van der Waals surface area contributed by atoms with Crippen LogP contribution in [-0.4, -0.2) is 0 Å². The van der Waals surface area contributed by atoms with Gasteiger partial charge in [0, 0.05) is 42.3 Å². The van der Waals surface area contributed by atoms with E-state index >= 15 is 0 Å². The Morgan fingerprint density at radius 1 is 0.442 bits per heavy atom. The minimum atomic E-state index is 0.926. The molecule has 7 aromatic carbocycles. The van der Waals surface area contributed by atoms with Gasteiger partial charge in [0.05, 0.1) is 5.69 Å². The van der Waals surface area contributed by atoms with E-state index in [0.717, 1.165) is 33.3 Å². The van der Waals surface area contributed by atoms with Crippen LogP contribution in [0.3, 0.4) is 0 Å². The van der Waals surface area contributed by atoms with E-state index < -0.39 is 0 Å². The van der Waals surface area contributed by atoms with Crippen LogP contribution in [0.4, 0.5) is 17.1 Å². The van der Waals surface area contributed by atoms with E-state index in [1.807, 2.05) is 23.5 Å². The molecule has 0 aliphatic rings. The minimum absolute atomic E-state index is 0.926. The highest BCUT2D eigenvalue weighted by Gasteiger charge is 2.18. The summed E-state index contributed by atoms with van der Waals surface area (Å²) < 4.78 is 8.79. The third kappa shape index (κ3) is 3.93. The first-order valence-corrected chi connectivity index (χ1v) is 15.3. The number of anilines is 3. The van der Waals surface area contributed by atoms with E-state index in [9.17, 15) is 0 Å². The Kier molecular flexibility index (Phi) is 5.40. The SMILES string of the molecule is c1ccc(N(c2ccc(-c3ccc4cc5c(cc4c3)oc3ccccc35)cc2)c2cccc3sc4ccccc4c23)cc1. The molecule has 3 heteroatoms. The Balaban J connectivity index is 1.16. The van der Waals surface area contributed by atoms with E-state index in [-0.39, 0.29) is 0 Å². The number of hydrogen-bond donors (Lipinski definition) is 0. The van der Waals surface area contributed by atoms with Crippen LogP contribution in [0.1, 0.15) is 0 Å². The van der Waals surface area contributed by atoms with Gasteiger partial charge < -0.3 is 9.32 Å². The zero-order valence-electron chi connectivity index (χ0n) is 23.2. The highest BCUT2D eigenvalue weighted by molar-refractivity contribution is 7.26. The van der Waals surface area contributed by atoms with Gasteiger partial charge in [0.2, 0.25) is 0 Å². The topological polar surface area (TPSA) is 16.4 Å². The van der Waals surface area contributed by atoms with Crippen LogP contribution >= 0.6 is 11.3 Å². The Labute approximate surface area is 252 Å². The average molecular weight is 568 g/mol. The number of thiophene rings is 1. The van der Waals surface area contributed by atoms with Gasteiger partial charge in [-0.1, -0.05) is 84.9 Å². The van der Waals surface area contributed by atoms with Crippen LogP contribution < -0.4 is 4.90 Å². The Morgan fingerprint density at radius 3 is 2.05 bits per heavy atom. The van der Waals surface area contributed by atoms with Gasteiger partial charge in [-0.3, -0.25) is 0 Å². The average Bonchev–Trinajstić information content (AvgIpc) is 3.63. The molecule has 0 radical (unpaired) electrons. The second-order valence-corrected chi connectivity index (χ2v) is 12.1. The molecule has 0 N–H and O–H groups in total. The highest BCUT2D eigenvalue weighted by atomic mass is 32.1. The maximum absolute atomic E-state index is 6.18. The maximum Gasteiger partial charge on any atom is 0.136 e. The molecule has 9 rings (SSSR count). The molecule has 9 aromatic rings. The summed E-state index contributed by atoms with van der Waals surface area (Å²) in [5.74, 6) is 0. The number of hydrogen-bond acceptors (Lipinski definition) is 3. The van der Waals surface area contributed by atoms with E-state index in [1.54, 1.807) is 0 Å². The minimum Gasteiger partial charge on any atom is -0.456 e. The molecule has 0 saturated carbocycles. The molecule has 0 amide bonds. The number of nitrogens with zero attached hydrogens (tertiary/aromatic N) is 1. The van der Waals surface area contributed by atoms with Crippen molar-refractivity contribution in [3.05, 3.63) is 152 Å². The zero-order valence-corrected chi connectivity index (χ0v) is 24.0. The number of rotatable bonds is 4. The normalized spacial score (nSPS) is 11.7. The molecule has 0 bridgehead atoms. The molecule has 202 valence electrons. The van der Waals surface area contributed by atoms with E-state index in [2.05, 4.69) is 144 Å². The van der Waals surface area contributed by atoms with Crippen molar-refractivity contribution in [3.8, 4) is 11.1 Å². The number of para-hydroxylation sites is 2. The summed E-state index contributed by atoms with van der Waals surface area (Å²) in [6.45, 7) is 0. The lowest BCUT2D eigenvalue weighted by Crippen LogP contribution is -2.10. The Hall–Kier alpha value is -5.38. The second kappa shape index (κ2) is 9.59. The van der Waals surface area contributed by atoms with Gasteiger partial charge in [0.25, 0.3) is 0 Å². The molecule has 0 aliphatic carbocycles. The van der Waals surface area contributed by atoms with Crippen molar-refractivity contribution in [2.75, 3.05) is 4.90 Å². The van der Waals surface area contributed by atoms with E-state index in [0.29, 0.717) is 0 Å². The Morgan fingerprint density at radius 2 is 1.16 bits per heavy atom.